The summed E-state index contributed by atoms with van der Waals surface area (Å²) in [5, 5.41) is 0. The number of halogens is 3. The summed E-state index contributed by atoms with van der Waals surface area (Å²) in [6.07, 6.45) is -6.15. The molecule has 6 heteroatoms. The highest BCUT2D eigenvalue weighted by molar-refractivity contribution is 5.39. The van der Waals surface area contributed by atoms with Gasteiger partial charge in [-0.2, -0.15) is 13.2 Å². The standard InChI is InChI=1S/C14H16F3NO2/c1-11(14(15,16)17)19-8-9-20-13-6-2-4-12(10-13)5-3-7-18/h2,4,6,10-11H,7-9,18H2,1H3. The Morgan fingerprint density at radius 3 is 2.70 bits per heavy atom. The lowest BCUT2D eigenvalue weighted by atomic mass is 10.2. The number of alkyl halides is 3. The van der Waals surface area contributed by atoms with Crippen molar-refractivity contribution in [1.82, 2.24) is 0 Å². The molecule has 0 amide bonds. The summed E-state index contributed by atoms with van der Waals surface area (Å²) in [7, 11) is 0. The molecule has 0 aromatic heterocycles. The van der Waals surface area contributed by atoms with E-state index in [0.717, 1.165) is 12.5 Å². The van der Waals surface area contributed by atoms with Crippen LogP contribution in [0.3, 0.4) is 0 Å². The average Bonchev–Trinajstić information content (AvgIpc) is 2.40. The molecule has 0 aliphatic rings. The van der Waals surface area contributed by atoms with Gasteiger partial charge in [0, 0.05) is 5.56 Å². The summed E-state index contributed by atoms with van der Waals surface area (Å²) < 4.78 is 46.5. The number of ether oxygens (including phenoxy) is 2. The molecule has 0 fully saturated rings. The van der Waals surface area contributed by atoms with E-state index < -0.39 is 12.3 Å². The van der Waals surface area contributed by atoms with E-state index >= 15 is 0 Å². The maximum absolute atomic E-state index is 12.2. The molecule has 0 heterocycles. The van der Waals surface area contributed by atoms with Gasteiger partial charge in [-0.3, -0.25) is 0 Å². The first kappa shape index (κ1) is 16.3. The maximum atomic E-state index is 12.2. The lowest BCUT2D eigenvalue weighted by molar-refractivity contribution is -0.215. The molecule has 0 aliphatic carbocycles. The molecule has 0 saturated heterocycles. The highest BCUT2D eigenvalue weighted by Crippen LogP contribution is 2.22. The Morgan fingerprint density at radius 1 is 1.30 bits per heavy atom. The fourth-order valence-corrected chi connectivity index (χ4v) is 1.30. The minimum Gasteiger partial charge on any atom is -0.491 e. The van der Waals surface area contributed by atoms with Gasteiger partial charge in [-0.05, 0) is 25.1 Å². The molecule has 1 rings (SSSR count). The van der Waals surface area contributed by atoms with Crippen molar-refractivity contribution in [2.24, 2.45) is 5.73 Å². The van der Waals surface area contributed by atoms with Crippen LogP contribution < -0.4 is 10.5 Å². The molecule has 110 valence electrons. The molecule has 3 nitrogen and oxygen atoms in total. The van der Waals surface area contributed by atoms with Gasteiger partial charge in [0.15, 0.2) is 6.10 Å². The highest BCUT2D eigenvalue weighted by atomic mass is 19.4. The molecule has 1 aromatic rings. The third-order valence-electron chi connectivity index (χ3n) is 2.35. The SMILES string of the molecule is CC(OCCOc1cccc(C#CCN)c1)C(F)(F)F. The van der Waals surface area contributed by atoms with Crippen molar-refractivity contribution in [2.45, 2.75) is 19.2 Å². The summed E-state index contributed by atoms with van der Waals surface area (Å²) in [4.78, 5) is 0. The molecular formula is C14H16F3NO2. The van der Waals surface area contributed by atoms with Crippen molar-refractivity contribution in [3.8, 4) is 17.6 Å². The monoisotopic (exact) mass is 287 g/mol. The van der Waals surface area contributed by atoms with Gasteiger partial charge in [-0.25, -0.2) is 0 Å². The zero-order chi connectivity index (χ0) is 15.0. The van der Waals surface area contributed by atoms with Gasteiger partial charge >= 0.3 is 6.18 Å². The zero-order valence-electron chi connectivity index (χ0n) is 11.0. The largest absolute Gasteiger partial charge is 0.491 e. The van der Waals surface area contributed by atoms with Crippen LogP contribution in [0.4, 0.5) is 13.2 Å². The summed E-state index contributed by atoms with van der Waals surface area (Å²) >= 11 is 0. The van der Waals surface area contributed by atoms with Crippen molar-refractivity contribution in [3.63, 3.8) is 0 Å². The molecule has 20 heavy (non-hydrogen) atoms. The molecular weight excluding hydrogens is 271 g/mol. The van der Waals surface area contributed by atoms with Crippen LogP contribution >= 0.6 is 0 Å². The van der Waals surface area contributed by atoms with Crippen LogP contribution in [0.15, 0.2) is 24.3 Å². The van der Waals surface area contributed by atoms with Crippen molar-refractivity contribution in [2.75, 3.05) is 19.8 Å². The Bertz CT molecular complexity index is 477. The fraction of sp³-hybridized carbons (Fsp3) is 0.429. The molecule has 1 atom stereocenters. The van der Waals surface area contributed by atoms with Crippen molar-refractivity contribution in [1.29, 1.82) is 0 Å². The Hall–Kier alpha value is -1.71. The van der Waals surface area contributed by atoms with E-state index in [0.29, 0.717) is 5.75 Å². The Kier molecular flexibility index (Phi) is 6.36. The summed E-state index contributed by atoms with van der Waals surface area (Å²) in [5.41, 5.74) is 6.00. The maximum Gasteiger partial charge on any atom is 0.414 e. The second kappa shape index (κ2) is 7.78. The fourth-order valence-electron chi connectivity index (χ4n) is 1.30. The van der Waals surface area contributed by atoms with Gasteiger partial charge in [0.2, 0.25) is 0 Å². The molecule has 0 spiro atoms. The van der Waals surface area contributed by atoms with Crippen molar-refractivity contribution < 1.29 is 22.6 Å². The van der Waals surface area contributed by atoms with E-state index in [-0.39, 0.29) is 19.8 Å². The lowest BCUT2D eigenvalue weighted by Gasteiger charge is -2.16. The zero-order valence-corrected chi connectivity index (χ0v) is 11.0. The number of rotatable bonds is 5. The molecule has 0 radical (unpaired) electrons. The molecule has 0 aliphatic heterocycles. The van der Waals surface area contributed by atoms with Crippen LogP contribution in [0.2, 0.25) is 0 Å². The number of benzene rings is 1. The molecule has 1 unspecified atom stereocenters. The Balaban J connectivity index is 2.39. The van der Waals surface area contributed by atoms with E-state index in [1.807, 2.05) is 0 Å². The second-order valence-corrected chi connectivity index (χ2v) is 3.94. The van der Waals surface area contributed by atoms with Gasteiger partial charge < -0.3 is 15.2 Å². The lowest BCUT2D eigenvalue weighted by Crippen LogP contribution is -2.29. The van der Waals surface area contributed by atoms with Gasteiger partial charge in [0.25, 0.3) is 0 Å². The van der Waals surface area contributed by atoms with E-state index in [1.54, 1.807) is 24.3 Å². The number of nitrogens with two attached hydrogens (primary N) is 1. The van der Waals surface area contributed by atoms with Gasteiger partial charge in [0.1, 0.15) is 12.4 Å². The first-order valence-electron chi connectivity index (χ1n) is 6.03. The van der Waals surface area contributed by atoms with Crippen LogP contribution in [0, 0.1) is 11.8 Å². The summed E-state index contributed by atoms with van der Waals surface area (Å²) in [6, 6.07) is 6.92. The predicted octanol–water partition coefficient (Wildman–Crippen LogP) is 2.34. The third kappa shape index (κ3) is 5.95. The molecule has 1 aromatic carbocycles. The normalized spacial score (nSPS) is 12.4. The Morgan fingerprint density at radius 2 is 2.05 bits per heavy atom. The van der Waals surface area contributed by atoms with Crippen LogP contribution in [-0.4, -0.2) is 32.0 Å². The van der Waals surface area contributed by atoms with Gasteiger partial charge in [0.05, 0.1) is 13.2 Å². The van der Waals surface area contributed by atoms with E-state index in [4.69, 9.17) is 10.5 Å². The van der Waals surface area contributed by atoms with Crippen LogP contribution in [-0.2, 0) is 4.74 Å². The van der Waals surface area contributed by atoms with Crippen LogP contribution in [0.1, 0.15) is 12.5 Å². The van der Waals surface area contributed by atoms with E-state index in [2.05, 4.69) is 16.6 Å². The summed E-state index contributed by atoms with van der Waals surface area (Å²) in [6.45, 7) is 1.12. The first-order chi connectivity index (χ1) is 9.43. The highest BCUT2D eigenvalue weighted by Gasteiger charge is 2.36. The van der Waals surface area contributed by atoms with E-state index in [1.165, 1.54) is 0 Å². The smallest absolute Gasteiger partial charge is 0.414 e. The van der Waals surface area contributed by atoms with Crippen LogP contribution in [0.5, 0.6) is 5.75 Å². The topological polar surface area (TPSA) is 44.5 Å². The molecule has 0 saturated carbocycles. The third-order valence-corrected chi connectivity index (χ3v) is 2.35. The molecule has 2 N–H and O–H groups in total. The Labute approximate surface area is 115 Å². The average molecular weight is 287 g/mol. The van der Waals surface area contributed by atoms with Gasteiger partial charge in [-0.1, -0.05) is 17.9 Å². The first-order valence-corrected chi connectivity index (χ1v) is 6.03. The van der Waals surface area contributed by atoms with Crippen LogP contribution in [0.25, 0.3) is 0 Å². The minimum atomic E-state index is -4.35. The molecule has 0 bridgehead atoms. The number of hydrogen-bond acceptors (Lipinski definition) is 3. The minimum absolute atomic E-state index is 0.0359. The predicted molar refractivity (Wildman–Crippen MR) is 69.3 cm³/mol. The van der Waals surface area contributed by atoms with Crippen molar-refractivity contribution in [3.05, 3.63) is 29.8 Å². The summed E-state index contributed by atoms with van der Waals surface area (Å²) in [5.74, 6) is 6.07. The number of hydrogen-bond donors (Lipinski definition) is 1. The second-order valence-electron chi connectivity index (χ2n) is 3.94. The van der Waals surface area contributed by atoms with Gasteiger partial charge in [-0.15, -0.1) is 0 Å². The quantitative estimate of drug-likeness (QED) is 0.668. The van der Waals surface area contributed by atoms with Crippen molar-refractivity contribution >= 4 is 0 Å². The van der Waals surface area contributed by atoms with E-state index in [9.17, 15) is 13.2 Å².